The van der Waals surface area contributed by atoms with Crippen LogP contribution in [0.25, 0.3) is 0 Å². The van der Waals surface area contributed by atoms with Crippen molar-refractivity contribution in [2.45, 2.75) is 26.3 Å². The van der Waals surface area contributed by atoms with Crippen LogP contribution >= 0.6 is 0 Å². The van der Waals surface area contributed by atoms with Crippen LogP contribution in [0.1, 0.15) is 31.9 Å². The number of nitrogens with one attached hydrogen (secondary N) is 1. The summed E-state index contributed by atoms with van der Waals surface area (Å²) in [5, 5.41) is 3.14. The summed E-state index contributed by atoms with van der Waals surface area (Å²) in [5.41, 5.74) is 4.07. The van der Waals surface area contributed by atoms with Gasteiger partial charge in [-0.2, -0.15) is 0 Å². The molecule has 0 fully saturated rings. The summed E-state index contributed by atoms with van der Waals surface area (Å²) in [5.74, 6) is 0.535. The molecule has 1 amide bonds. The Balaban J connectivity index is 2.09. The first-order valence-corrected chi connectivity index (χ1v) is 7.92. The van der Waals surface area contributed by atoms with E-state index in [-0.39, 0.29) is 11.9 Å². The van der Waals surface area contributed by atoms with E-state index in [0.717, 1.165) is 42.1 Å². The molecule has 4 heteroatoms. The van der Waals surface area contributed by atoms with Crippen molar-refractivity contribution >= 4 is 11.6 Å². The predicted molar refractivity (Wildman–Crippen MR) is 88.7 cm³/mol. The lowest BCUT2D eigenvalue weighted by atomic mass is 9.91. The van der Waals surface area contributed by atoms with Crippen molar-refractivity contribution in [2.24, 2.45) is 10.9 Å². The van der Waals surface area contributed by atoms with Crippen molar-refractivity contribution in [3.63, 3.8) is 0 Å². The van der Waals surface area contributed by atoms with Crippen LogP contribution in [0.15, 0.2) is 46.6 Å². The Morgan fingerprint density at radius 3 is 2.73 bits per heavy atom. The molecule has 0 aromatic heterocycles. The minimum absolute atomic E-state index is 0.0182. The molecule has 2 aliphatic rings. The predicted octanol–water partition coefficient (Wildman–Crippen LogP) is 2.54. The highest BCUT2D eigenvalue weighted by Crippen LogP contribution is 2.35. The minimum atomic E-state index is -0.0817. The van der Waals surface area contributed by atoms with Crippen LogP contribution in [-0.2, 0) is 4.79 Å². The highest BCUT2D eigenvalue weighted by Gasteiger charge is 2.38. The summed E-state index contributed by atoms with van der Waals surface area (Å²) < 4.78 is 0. The summed E-state index contributed by atoms with van der Waals surface area (Å²) in [6.07, 6.45) is 0.908. The van der Waals surface area contributed by atoms with Crippen molar-refractivity contribution in [1.29, 1.82) is 0 Å². The number of nitrogens with zero attached hydrogens (tertiary/aromatic N) is 2. The number of rotatable bonds is 3. The van der Waals surface area contributed by atoms with E-state index >= 15 is 0 Å². The molecule has 2 aliphatic heterocycles. The summed E-state index contributed by atoms with van der Waals surface area (Å²) in [6, 6.07) is 10.1. The maximum absolute atomic E-state index is 12.5. The number of carbonyl (C=O) groups is 1. The molecule has 1 N–H and O–H groups in total. The van der Waals surface area contributed by atoms with Gasteiger partial charge in [0.15, 0.2) is 0 Å². The third-order valence-corrected chi connectivity index (χ3v) is 4.20. The molecule has 22 heavy (non-hydrogen) atoms. The van der Waals surface area contributed by atoms with Gasteiger partial charge in [-0.05, 0) is 17.9 Å². The zero-order valence-corrected chi connectivity index (χ0v) is 13.5. The van der Waals surface area contributed by atoms with E-state index in [0.29, 0.717) is 5.92 Å². The SMILES string of the molecule is CC(C)CC1=NCCN(C)C2=C1C(c1ccccc1)NC2=O. The van der Waals surface area contributed by atoms with Gasteiger partial charge in [0.2, 0.25) is 0 Å². The summed E-state index contributed by atoms with van der Waals surface area (Å²) in [4.78, 5) is 19.4. The van der Waals surface area contributed by atoms with Crippen LogP contribution in [0.5, 0.6) is 0 Å². The van der Waals surface area contributed by atoms with Gasteiger partial charge in [0.05, 0.1) is 12.6 Å². The fourth-order valence-electron chi connectivity index (χ4n) is 3.20. The summed E-state index contributed by atoms with van der Waals surface area (Å²) in [6.45, 7) is 5.92. The number of aliphatic imine (C=N–C) groups is 1. The molecule has 0 saturated carbocycles. The summed E-state index contributed by atoms with van der Waals surface area (Å²) in [7, 11) is 1.98. The zero-order chi connectivity index (χ0) is 15.7. The van der Waals surface area contributed by atoms with Crippen LogP contribution in [0.4, 0.5) is 0 Å². The van der Waals surface area contributed by atoms with E-state index in [1.54, 1.807) is 0 Å². The molecule has 1 aromatic carbocycles. The Kier molecular flexibility index (Phi) is 4.01. The summed E-state index contributed by atoms with van der Waals surface area (Å²) >= 11 is 0. The molecule has 2 heterocycles. The van der Waals surface area contributed by atoms with Crippen molar-refractivity contribution < 1.29 is 4.79 Å². The van der Waals surface area contributed by atoms with E-state index in [9.17, 15) is 4.79 Å². The van der Waals surface area contributed by atoms with E-state index < -0.39 is 0 Å². The van der Waals surface area contributed by atoms with E-state index in [1.165, 1.54) is 0 Å². The van der Waals surface area contributed by atoms with Gasteiger partial charge < -0.3 is 10.2 Å². The standard InChI is InChI=1S/C18H23N3O/c1-12(2)11-14-15-16(13-7-5-4-6-8-13)20-18(22)17(15)21(3)10-9-19-14/h4-8,12,16H,9-11H2,1-3H3,(H,20,22). The topological polar surface area (TPSA) is 44.7 Å². The molecular formula is C18H23N3O. The number of likely N-dealkylation sites (N-methyl/N-ethyl adjacent to an activating group) is 1. The number of hydrogen-bond donors (Lipinski definition) is 1. The quantitative estimate of drug-likeness (QED) is 0.932. The van der Waals surface area contributed by atoms with Crippen LogP contribution in [0.3, 0.4) is 0 Å². The second-order valence-electron chi connectivity index (χ2n) is 6.43. The molecule has 1 aromatic rings. The average Bonchev–Trinajstić information content (AvgIpc) is 2.75. The third-order valence-electron chi connectivity index (χ3n) is 4.20. The average molecular weight is 297 g/mol. The van der Waals surface area contributed by atoms with Crippen molar-refractivity contribution in [3.8, 4) is 0 Å². The van der Waals surface area contributed by atoms with Gasteiger partial charge in [-0.15, -0.1) is 0 Å². The van der Waals surface area contributed by atoms with Crippen LogP contribution in [0.2, 0.25) is 0 Å². The molecule has 0 bridgehead atoms. The normalized spacial score (nSPS) is 21.6. The van der Waals surface area contributed by atoms with Gasteiger partial charge >= 0.3 is 0 Å². The van der Waals surface area contributed by atoms with Gasteiger partial charge in [-0.3, -0.25) is 9.79 Å². The van der Waals surface area contributed by atoms with Crippen molar-refractivity contribution in [3.05, 3.63) is 47.2 Å². The first-order valence-electron chi connectivity index (χ1n) is 7.92. The van der Waals surface area contributed by atoms with E-state index in [2.05, 4.69) is 31.3 Å². The van der Waals surface area contributed by atoms with Crippen LogP contribution in [-0.4, -0.2) is 36.7 Å². The molecule has 0 saturated heterocycles. The molecule has 0 radical (unpaired) electrons. The van der Waals surface area contributed by atoms with Crippen molar-refractivity contribution in [2.75, 3.05) is 20.1 Å². The maximum atomic E-state index is 12.5. The molecule has 0 aliphatic carbocycles. The maximum Gasteiger partial charge on any atom is 0.268 e. The fraction of sp³-hybridized carbons (Fsp3) is 0.444. The highest BCUT2D eigenvalue weighted by molar-refractivity contribution is 6.12. The smallest absolute Gasteiger partial charge is 0.268 e. The molecule has 1 unspecified atom stereocenters. The van der Waals surface area contributed by atoms with E-state index in [4.69, 9.17) is 4.99 Å². The first kappa shape index (κ1) is 14.8. The first-order chi connectivity index (χ1) is 10.6. The second-order valence-corrected chi connectivity index (χ2v) is 6.43. The Labute approximate surface area is 131 Å². The lowest BCUT2D eigenvalue weighted by molar-refractivity contribution is -0.118. The molecule has 0 spiro atoms. The number of hydrogen-bond acceptors (Lipinski definition) is 3. The Morgan fingerprint density at radius 2 is 2.05 bits per heavy atom. The number of benzene rings is 1. The Bertz CT molecular complexity index is 631. The highest BCUT2D eigenvalue weighted by atomic mass is 16.2. The van der Waals surface area contributed by atoms with Gasteiger partial charge in [0.1, 0.15) is 5.70 Å². The van der Waals surface area contributed by atoms with E-state index in [1.807, 2.05) is 30.1 Å². The zero-order valence-electron chi connectivity index (χ0n) is 13.5. The minimum Gasteiger partial charge on any atom is -0.368 e. The number of amides is 1. The molecule has 4 nitrogen and oxygen atoms in total. The van der Waals surface area contributed by atoms with Gasteiger partial charge in [-0.1, -0.05) is 44.2 Å². The van der Waals surface area contributed by atoms with Crippen molar-refractivity contribution in [1.82, 2.24) is 10.2 Å². The van der Waals surface area contributed by atoms with Crippen LogP contribution in [0, 0.1) is 5.92 Å². The lowest BCUT2D eigenvalue weighted by Gasteiger charge is -2.19. The number of carbonyl (C=O) groups excluding carboxylic acids is 1. The monoisotopic (exact) mass is 297 g/mol. The van der Waals surface area contributed by atoms with Crippen LogP contribution < -0.4 is 5.32 Å². The van der Waals surface area contributed by atoms with Gasteiger partial charge in [-0.25, -0.2) is 0 Å². The largest absolute Gasteiger partial charge is 0.368 e. The molecule has 3 rings (SSSR count). The molecular weight excluding hydrogens is 274 g/mol. The van der Waals surface area contributed by atoms with Gasteiger partial charge in [0, 0.05) is 24.9 Å². The van der Waals surface area contributed by atoms with Gasteiger partial charge in [0.25, 0.3) is 5.91 Å². The third kappa shape index (κ3) is 2.65. The second kappa shape index (κ2) is 5.95. The molecule has 1 atom stereocenters. The Hall–Kier alpha value is -2.10. The lowest BCUT2D eigenvalue weighted by Crippen LogP contribution is -2.29. The Morgan fingerprint density at radius 1 is 1.32 bits per heavy atom. The molecule has 116 valence electrons. The fourth-order valence-corrected chi connectivity index (χ4v) is 3.20.